The van der Waals surface area contributed by atoms with E-state index in [2.05, 4.69) is 69.3 Å². The van der Waals surface area contributed by atoms with Crippen LogP contribution in [-0.2, 0) is 0 Å². The second kappa shape index (κ2) is 7.89. The maximum absolute atomic E-state index is 4.64. The average Bonchev–Trinajstić information content (AvgIpc) is 3.50. The number of fused-ring (bicyclic) bond motifs is 1. The van der Waals surface area contributed by atoms with Gasteiger partial charge >= 0.3 is 0 Å². The molecule has 0 aliphatic carbocycles. The molecule has 3 N–H and O–H groups in total. The predicted octanol–water partition coefficient (Wildman–Crippen LogP) is 4.82. The predicted molar refractivity (Wildman–Crippen MR) is 127 cm³/mol. The van der Waals surface area contributed by atoms with Gasteiger partial charge in [-0.2, -0.15) is 5.10 Å². The van der Waals surface area contributed by atoms with Crippen molar-refractivity contribution in [3.05, 3.63) is 84.1 Å². The molecule has 5 rings (SSSR count). The van der Waals surface area contributed by atoms with Gasteiger partial charge in [0.15, 0.2) is 0 Å². The minimum atomic E-state index is 0.928. The van der Waals surface area contributed by atoms with Crippen LogP contribution in [0.1, 0.15) is 28.9 Å². The molecule has 3 aromatic heterocycles. The summed E-state index contributed by atoms with van der Waals surface area (Å²) in [7, 11) is 0. The molecule has 0 saturated heterocycles. The molecule has 0 fully saturated rings. The Bertz CT molecular complexity index is 1330. The number of rotatable bonds is 5. The number of aryl methyl sites for hydroxylation is 2. The van der Waals surface area contributed by atoms with E-state index in [1.165, 1.54) is 11.1 Å². The Balaban J connectivity index is 1.59. The maximum Gasteiger partial charge on any atom is 0.116 e. The monoisotopic (exact) mass is 410 g/mol. The Morgan fingerprint density at radius 1 is 1.23 bits per heavy atom. The topological polar surface area (TPSA) is 74.3 Å². The molecule has 6 nitrogen and oxygen atoms in total. The van der Waals surface area contributed by atoms with Gasteiger partial charge in [0.1, 0.15) is 5.69 Å². The molecular formula is C25H26N6. The van der Waals surface area contributed by atoms with Crippen LogP contribution in [0.5, 0.6) is 0 Å². The number of aromatic nitrogens is 5. The van der Waals surface area contributed by atoms with Crippen molar-refractivity contribution in [2.45, 2.75) is 20.3 Å². The zero-order valence-corrected chi connectivity index (χ0v) is 17.9. The van der Waals surface area contributed by atoms with Gasteiger partial charge < -0.3 is 14.9 Å². The van der Waals surface area contributed by atoms with Crippen LogP contribution in [0.15, 0.2) is 61.6 Å². The summed E-state index contributed by atoms with van der Waals surface area (Å²) >= 11 is 0. The Hall–Kier alpha value is -3.64. The lowest BCUT2D eigenvalue weighted by molar-refractivity contribution is 0.739. The molecular weight excluding hydrogens is 384 g/mol. The molecule has 0 bridgehead atoms. The molecule has 0 radical (unpaired) electrons. The van der Waals surface area contributed by atoms with Crippen LogP contribution >= 0.6 is 0 Å². The fourth-order valence-electron chi connectivity index (χ4n) is 4.23. The molecule has 156 valence electrons. The zero-order chi connectivity index (χ0) is 21.4. The Kier molecular flexibility index (Phi) is 4.92. The third-order valence-corrected chi connectivity index (χ3v) is 5.81. The van der Waals surface area contributed by atoms with Gasteiger partial charge in [0.05, 0.1) is 28.9 Å². The molecule has 1 aromatic carbocycles. The van der Waals surface area contributed by atoms with E-state index in [-0.39, 0.29) is 0 Å². The number of hydrogen-bond acceptors (Lipinski definition) is 3. The molecule has 0 amide bonds. The molecule has 0 unspecified atom stereocenters. The molecule has 6 heteroatoms. The number of imidazole rings is 1. The van der Waals surface area contributed by atoms with Crippen molar-refractivity contribution in [3.63, 3.8) is 0 Å². The Labute approximate surface area is 181 Å². The van der Waals surface area contributed by atoms with Crippen molar-refractivity contribution >= 4 is 22.2 Å². The summed E-state index contributed by atoms with van der Waals surface area (Å²) in [5.41, 5.74) is 9.78. The number of benzene rings is 1. The van der Waals surface area contributed by atoms with Gasteiger partial charge in [-0.15, -0.1) is 0 Å². The van der Waals surface area contributed by atoms with Crippen molar-refractivity contribution in [1.29, 1.82) is 0 Å². The van der Waals surface area contributed by atoms with E-state index in [1.807, 2.05) is 30.1 Å². The van der Waals surface area contributed by atoms with Gasteiger partial charge in [0.2, 0.25) is 0 Å². The van der Waals surface area contributed by atoms with Crippen molar-refractivity contribution in [2.75, 3.05) is 13.1 Å². The van der Waals surface area contributed by atoms with Crippen molar-refractivity contribution < 1.29 is 0 Å². The average molecular weight is 411 g/mol. The summed E-state index contributed by atoms with van der Waals surface area (Å²) in [5.74, 6) is 0. The highest BCUT2D eigenvalue weighted by Crippen LogP contribution is 2.32. The fraction of sp³-hybridized carbons (Fsp3) is 0.200. The van der Waals surface area contributed by atoms with Crippen LogP contribution in [0.2, 0.25) is 0 Å². The van der Waals surface area contributed by atoms with E-state index in [0.717, 1.165) is 64.4 Å². The maximum atomic E-state index is 4.64. The lowest BCUT2D eigenvalue weighted by Crippen LogP contribution is -2.19. The van der Waals surface area contributed by atoms with Gasteiger partial charge in [-0.05, 0) is 62.2 Å². The van der Waals surface area contributed by atoms with Crippen molar-refractivity contribution in [1.82, 2.24) is 30.0 Å². The lowest BCUT2D eigenvalue weighted by Gasteiger charge is -2.14. The minimum absolute atomic E-state index is 0.928. The highest BCUT2D eigenvalue weighted by atomic mass is 15.1. The molecule has 4 aromatic rings. The first-order valence-electron chi connectivity index (χ1n) is 10.6. The molecule has 31 heavy (non-hydrogen) atoms. The Morgan fingerprint density at radius 2 is 2.13 bits per heavy atom. The third kappa shape index (κ3) is 3.55. The van der Waals surface area contributed by atoms with E-state index in [1.54, 1.807) is 6.08 Å². The summed E-state index contributed by atoms with van der Waals surface area (Å²) in [5, 5.41) is 12.3. The summed E-state index contributed by atoms with van der Waals surface area (Å²) in [4.78, 5) is 7.91. The van der Waals surface area contributed by atoms with E-state index >= 15 is 0 Å². The second-order valence-corrected chi connectivity index (χ2v) is 7.95. The molecule has 0 saturated carbocycles. The highest BCUT2D eigenvalue weighted by Gasteiger charge is 2.17. The van der Waals surface area contributed by atoms with Crippen molar-refractivity contribution in [2.24, 2.45) is 0 Å². The van der Waals surface area contributed by atoms with Crippen LogP contribution in [0.3, 0.4) is 0 Å². The van der Waals surface area contributed by atoms with Crippen LogP contribution in [0, 0.1) is 13.8 Å². The normalized spacial score (nSPS) is 14.8. The number of hydrogen-bond donors (Lipinski definition) is 3. The van der Waals surface area contributed by atoms with E-state index < -0.39 is 0 Å². The van der Waals surface area contributed by atoms with Gasteiger partial charge in [0, 0.05) is 29.4 Å². The van der Waals surface area contributed by atoms with E-state index in [0.29, 0.717) is 0 Å². The molecule has 4 heterocycles. The van der Waals surface area contributed by atoms with E-state index in [4.69, 9.17) is 0 Å². The summed E-state index contributed by atoms with van der Waals surface area (Å²) < 4.78 is 2.03. The first-order valence-corrected chi connectivity index (χ1v) is 10.6. The number of aromatic amines is 2. The first kappa shape index (κ1) is 19.3. The standard InChI is InChI=1S/C25H26N6/c1-4-5-24(31-14-16(2)27-15-31)20-13-23(28-17(20)3)25-21-12-19(6-7-22(21)29-30-25)18-8-10-26-11-9-18/h4-8,12-15,26,28H,1,9-11H2,2-3H3,(H,29,30)/b24-5+. The quantitative estimate of drug-likeness (QED) is 0.413. The smallest absolute Gasteiger partial charge is 0.116 e. The first-order chi connectivity index (χ1) is 15.1. The third-order valence-electron chi connectivity index (χ3n) is 5.81. The number of allylic oxidation sites excluding steroid dienone is 2. The van der Waals surface area contributed by atoms with Crippen LogP contribution in [0.4, 0.5) is 0 Å². The molecule has 0 spiro atoms. The van der Waals surface area contributed by atoms with E-state index in [9.17, 15) is 0 Å². The summed E-state index contributed by atoms with van der Waals surface area (Å²) in [6.45, 7) is 9.91. The van der Waals surface area contributed by atoms with Crippen molar-refractivity contribution in [3.8, 4) is 11.4 Å². The number of H-pyrrole nitrogens is 2. The van der Waals surface area contributed by atoms with Crippen LogP contribution in [-0.4, -0.2) is 37.8 Å². The molecule has 1 aliphatic heterocycles. The SMILES string of the molecule is C=C/C=C(\c1cc(-c2n[nH]c3ccc(C4=CCNCC4)cc23)[nH]c1C)n1cnc(C)c1. The highest BCUT2D eigenvalue weighted by molar-refractivity contribution is 5.95. The largest absolute Gasteiger partial charge is 0.357 e. The van der Waals surface area contributed by atoms with Crippen LogP contribution in [0.25, 0.3) is 33.6 Å². The van der Waals surface area contributed by atoms with Gasteiger partial charge in [-0.3, -0.25) is 5.10 Å². The second-order valence-electron chi connectivity index (χ2n) is 7.95. The fourth-order valence-corrected chi connectivity index (χ4v) is 4.23. The van der Waals surface area contributed by atoms with Crippen LogP contribution < -0.4 is 5.32 Å². The van der Waals surface area contributed by atoms with Gasteiger partial charge in [-0.25, -0.2) is 4.98 Å². The minimum Gasteiger partial charge on any atom is -0.357 e. The summed E-state index contributed by atoms with van der Waals surface area (Å²) in [6, 6.07) is 8.71. The zero-order valence-electron chi connectivity index (χ0n) is 17.9. The number of nitrogens with one attached hydrogen (secondary N) is 3. The molecule has 0 atom stereocenters. The lowest BCUT2D eigenvalue weighted by atomic mass is 9.98. The molecule has 1 aliphatic rings. The Morgan fingerprint density at radius 3 is 2.87 bits per heavy atom. The summed E-state index contributed by atoms with van der Waals surface area (Å²) in [6.07, 6.45) is 11.0. The van der Waals surface area contributed by atoms with Gasteiger partial charge in [0.25, 0.3) is 0 Å². The van der Waals surface area contributed by atoms with Gasteiger partial charge in [-0.1, -0.05) is 24.8 Å². The number of nitrogens with zero attached hydrogens (tertiary/aromatic N) is 3.